The molecule has 1 fully saturated rings. The van der Waals surface area contributed by atoms with Crippen LogP contribution in [0.2, 0.25) is 0 Å². The molecular weight excluding hydrogens is 209 g/mol. The molecule has 0 heterocycles. The van der Waals surface area contributed by atoms with Crippen LogP contribution in [0.15, 0.2) is 18.2 Å². The van der Waals surface area contributed by atoms with Gasteiger partial charge in [0.05, 0.1) is 12.2 Å². The van der Waals surface area contributed by atoms with Crippen molar-refractivity contribution in [3.05, 3.63) is 29.6 Å². The Labute approximate surface area is 93.4 Å². The molecule has 1 saturated carbocycles. The molecule has 1 aromatic carbocycles. The van der Waals surface area contributed by atoms with Crippen LogP contribution in [0.4, 0.5) is 10.1 Å². The molecule has 4 heteroatoms. The molecule has 0 spiro atoms. The Kier molecular flexibility index (Phi) is 3.08. The number of anilines is 1. The zero-order chi connectivity index (χ0) is 11.5. The van der Waals surface area contributed by atoms with Crippen LogP contribution in [0, 0.1) is 11.7 Å². The molecule has 16 heavy (non-hydrogen) atoms. The normalized spacial score (nSPS) is 15.6. The highest BCUT2D eigenvalue weighted by molar-refractivity contribution is 5.90. The number of esters is 1. The minimum atomic E-state index is -0.628. The third-order valence-electron chi connectivity index (χ3n) is 2.89. The fourth-order valence-corrected chi connectivity index (χ4v) is 1.63. The topological polar surface area (TPSA) is 52.3 Å². The lowest BCUT2D eigenvalue weighted by Gasteiger charge is -2.24. The van der Waals surface area contributed by atoms with Gasteiger partial charge < -0.3 is 10.5 Å². The summed E-state index contributed by atoms with van der Waals surface area (Å²) in [4.78, 5) is 11.5. The van der Waals surface area contributed by atoms with Gasteiger partial charge in [-0.05, 0) is 37.0 Å². The number of carbonyl (C=O) groups excluding carboxylic acids is 1. The van der Waals surface area contributed by atoms with Crippen molar-refractivity contribution < 1.29 is 13.9 Å². The molecule has 0 bridgehead atoms. The van der Waals surface area contributed by atoms with Crippen LogP contribution >= 0.6 is 0 Å². The van der Waals surface area contributed by atoms with Gasteiger partial charge in [-0.3, -0.25) is 0 Å². The number of carbonyl (C=O) groups is 1. The van der Waals surface area contributed by atoms with Gasteiger partial charge in [-0.25, -0.2) is 9.18 Å². The minimum Gasteiger partial charge on any atom is -0.462 e. The molecule has 0 saturated heterocycles. The molecule has 1 aromatic rings. The summed E-state index contributed by atoms with van der Waals surface area (Å²) in [6.07, 6.45) is 3.37. The van der Waals surface area contributed by atoms with E-state index in [-0.39, 0.29) is 5.56 Å². The van der Waals surface area contributed by atoms with E-state index in [4.69, 9.17) is 10.5 Å². The van der Waals surface area contributed by atoms with Crippen molar-refractivity contribution in [1.82, 2.24) is 0 Å². The fraction of sp³-hybridized carbons (Fsp3) is 0.417. The van der Waals surface area contributed by atoms with E-state index < -0.39 is 11.8 Å². The molecule has 86 valence electrons. The van der Waals surface area contributed by atoms with Crippen molar-refractivity contribution in [2.45, 2.75) is 19.3 Å². The first-order valence-corrected chi connectivity index (χ1v) is 5.39. The highest BCUT2D eigenvalue weighted by Gasteiger charge is 2.20. The van der Waals surface area contributed by atoms with Crippen molar-refractivity contribution in [3.8, 4) is 0 Å². The summed E-state index contributed by atoms with van der Waals surface area (Å²) in [5.74, 6) is -0.766. The summed E-state index contributed by atoms with van der Waals surface area (Å²) in [7, 11) is 0. The van der Waals surface area contributed by atoms with Crippen molar-refractivity contribution in [1.29, 1.82) is 0 Å². The second kappa shape index (κ2) is 4.51. The second-order valence-corrected chi connectivity index (χ2v) is 4.13. The summed E-state index contributed by atoms with van der Waals surface area (Å²) in [5, 5.41) is 0. The van der Waals surface area contributed by atoms with E-state index in [0.29, 0.717) is 18.2 Å². The van der Waals surface area contributed by atoms with Crippen LogP contribution in [-0.2, 0) is 4.74 Å². The van der Waals surface area contributed by atoms with Gasteiger partial charge in [-0.2, -0.15) is 0 Å². The van der Waals surface area contributed by atoms with E-state index in [0.717, 1.165) is 12.8 Å². The lowest BCUT2D eigenvalue weighted by molar-refractivity contribution is 0.0366. The van der Waals surface area contributed by atoms with E-state index in [2.05, 4.69) is 0 Å². The van der Waals surface area contributed by atoms with Crippen molar-refractivity contribution in [3.63, 3.8) is 0 Å². The predicted molar refractivity (Wildman–Crippen MR) is 58.4 cm³/mol. The molecular formula is C12H14FNO2. The lowest BCUT2D eigenvalue weighted by Crippen LogP contribution is -2.20. The van der Waals surface area contributed by atoms with E-state index in [1.807, 2.05) is 0 Å². The SMILES string of the molecule is Nc1ccc(F)c(C(=O)OCC2CCC2)c1. The Hall–Kier alpha value is -1.58. The molecule has 0 radical (unpaired) electrons. The van der Waals surface area contributed by atoms with E-state index in [1.165, 1.54) is 24.6 Å². The fourth-order valence-electron chi connectivity index (χ4n) is 1.63. The van der Waals surface area contributed by atoms with Crippen LogP contribution < -0.4 is 5.73 Å². The smallest absolute Gasteiger partial charge is 0.341 e. The van der Waals surface area contributed by atoms with Gasteiger partial charge in [0, 0.05) is 5.69 Å². The zero-order valence-corrected chi connectivity index (χ0v) is 8.91. The average molecular weight is 223 g/mol. The molecule has 0 aliphatic heterocycles. The molecule has 2 rings (SSSR count). The van der Waals surface area contributed by atoms with Crippen molar-refractivity contribution in [2.24, 2.45) is 5.92 Å². The number of hydrogen-bond acceptors (Lipinski definition) is 3. The van der Waals surface area contributed by atoms with Crippen molar-refractivity contribution in [2.75, 3.05) is 12.3 Å². The zero-order valence-electron chi connectivity index (χ0n) is 8.91. The summed E-state index contributed by atoms with van der Waals surface area (Å²) in [6.45, 7) is 0.382. The quantitative estimate of drug-likeness (QED) is 0.632. The molecule has 1 aliphatic carbocycles. The Bertz CT molecular complexity index is 402. The number of nitrogen functional groups attached to an aromatic ring is 1. The predicted octanol–water partition coefficient (Wildman–Crippen LogP) is 2.36. The molecule has 0 amide bonds. The molecule has 0 unspecified atom stereocenters. The first-order valence-electron chi connectivity index (χ1n) is 5.39. The summed E-state index contributed by atoms with van der Waals surface area (Å²) in [6, 6.07) is 3.89. The molecule has 3 nitrogen and oxygen atoms in total. The first kappa shape index (κ1) is 10.9. The van der Waals surface area contributed by atoms with Crippen LogP contribution in [0.3, 0.4) is 0 Å². The summed E-state index contributed by atoms with van der Waals surface area (Å²) >= 11 is 0. The van der Waals surface area contributed by atoms with Gasteiger partial charge in [-0.1, -0.05) is 6.42 Å². The molecule has 2 N–H and O–H groups in total. The van der Waals surface area contributed by atoms with E-state index in [9.17, 15) is 9.18 Å². The van der Waals surface area contributed by atoms with Crippen molar-refractivity contribution >= 4 is 11.7 Å². The van der Waals surface area contributed by atoms with Crippen LogP contribution in [0.5, 0.6) is 0 Å². The molecule has 0 atom stereocenters. The van der Waals surface area contributed by atoms with Gasteiger partial charge in [0.2, 0.25) is 0 Å². The van der Waals surface area contributed by atoms with Crippen LogP contribution in [0.1, 0.15) is 29.6 Å². The maximum atomic E-state index is 13.3. The third-order valence-corrected chi connectivity index (χ3v) is 2.89. The molecule has 1 aliphatic rings. The Morgan fingerprint density at radius 3 is 2.88 bits per heavy atom. The Morgan fingerprint density at radius 1 is 1.50 bits per heavy atom. The van der Waals surface area contributed by atoms with Crippen LogP contribution in [-0.4, -0.2) is 12.6 Å². The third kappa shape index (κ3) is 2.32. The number of nitrogens with two attached hydrogens (primary N) is 1. The average Bonchev–Trinajstić information content (AvgIpc) is 2.19. The summed E-state index contributed by atoms with van der Waals surface area (Å²) in [5.41, 5.74) is 5.76. The number of rotatable bonds is 3. The Balaban J connectivity index is 1.99. The monoisotopic (exact) mass is 223 g/mol. The minimum absolute atomic E-state index is 0.0840. The van der Waals surface area contributed by atoms with Gasteiger partial charge in [0.1, 0.15) is 5.82 Å². The number of ether oxygens (including phenoxy) is 1. The highest BCUT2D eigenvalue weighted by Crippen LogP contribution is 2.26. The first-order chi connectivity index (χ1) is 7.66. The van der Waals surface area contributed by atoms with E-state index in [1.54, 1.807) is 0 Å². The standard InChI is InChI=1S/C12H14FNO2/c13-11-5-4-9(14)6-10(11)12(15)16-7-8-2-1-3-8/h4-6,8H,1-3,7,14H2. The van der Waals surface area contributed by atoms with E-state index >= 15 is 0 Å². The largest absolute Gasteiger partial charge is 0.462 e. The van der Waals surface area contributed by atoms with Crippen LogP contribution in [0.25, 0.3) is 0 Å². The highest BCUT2D eigenvalue weighted by atomic mass is 19.1. The number of hydrogen-bond donors (Lipinski definition) is 1. The second-order valence-electron chi connectivity index (χ2n) is 4.13. The number of benzene rings is 1. The summed E-state index contributed by atoms with van der Waals surface area (Å²) < 4.78 is 18.3. The van der Waals surface area contributed by atoms with Gasteiger partial charge in [0.25, 0.3) is 0 Å². The molecule has 0 aromatic heterocycles. The number of halogens is 1. The van der Waals surface area contributed by atoms with Gasteiger partial charge >= 0.3 is 5.97 Å². The maximum absolute atomic E-state index is 13.3. The lowest BCUT2D eigenvalue weighted by atomic mass is 9.86. The maximum Gasteiger partial charge on any atom is 0.341 e. The Morgan fingerprint density at radius 2 is 2.25 bits per heavy atom. The van der Waals surface area contributed by atoms with Gasteiger partial charge in [0.15, 0.2) is 0 Å². The van der Waals surface area contributed by atoms with Gasteiger partial charge in [-0.15, -0.1) is 0 Å².